The number of nitrogens with zero attached hydrogens (tertiary/aromatic N) is 2. The van der Waals surface area contributed by atoms with Crippen LogP contribution in [-0.4, -0.2) is 113 Å². The third kappa shape index (κ3) is 4.91. The Morgan fingerprint density at radius 3 is 2.30 bits per heavy atom. The summed E-state index contributed by atoms with van der Waals surface area (Å²) in [6.45, 7) is 0.193. The first kappa shape index (κ1) is 29.2. The number of aliphatic hydroxyl groups is 3. The molecule has 218 valence electrons. The number of rotatable bonds is 6. The van der Waals surface area contributed by atoms with Gasteiger partial charge >= 0.3 is 5.97 Å². The number of aliphatic hydroxyl groups excluding tert-OH is 3. The molecule has 5 rings (SSSR count). The normalized spacial score (nSPS) is 27.5. The standard InChI is InChI=1S/C25H29IN2O11S/c1-37-23-18(30)14(10-27-6-8-28(9-7-27)40(35,36)13-4-2-12(26)3-5-13)16-17(20(23)32)22-24(39-25(16)34)21(33)19(31)15(11-29)38-22/h2-5,15,19,21-22,24,29-33H,6-11H2,1H3/t15-,19-,21+,22?,24?/m1/s1. The molecular formula is C25H29IN2O11S. The van der Waals surface area contributed by atoms with Crippen molar-refractivity contribution >= 4 is 38.6 Å². The quantitative estimate of drug-likeness (QED) is 0.201. The number of aromatic hydroxyl groups is 2. The van der Waals surface area contributed by atoms with E-state index in [9.17, 15) is 38.7 Å². The van der Waals surface area contributed by atoms with E-state index in [0.717, 1.165) is 3.57 Å². The van der Waals surface area contributed by atoms with Crippen molar-refractivity contribution in [2.45, 2.75) is 42.0 Å². The summed E-state index contributed by atoms with van der Waals surface area (Å²) in [4.78, 5) is 15.2. The molecule has 3 aliphatic rings. The molecule has 3 aliphatic heterocycles. The van der Waals surface area contributed by atoms with E-state index in [0.29, 0.717) is 0 Å². The summed E-state index contributed by atoms with van der Waals surface area (Å²) in [6, 6.07) is 6.55. The van der Waals surface area contributed by atoms with E-state index in [4.69, 9.17) is 14.2 Å². The topological polar surface area (TPSA) is 187 Å². The van der Waals surface area contributed by atoms with Crippen LogP contribution in [0.2, 0.25) is 0 Å². The van der Waals surface area contributed by atoms with Crippen LogP contribution in [-0.2, 0) is 26.0 Å². The van der Waals surface area contributed by atoms with Crippen molar-refractivity contribution in [2.75, 3.05) is 39.9 Å². The number of benzene rings is 2. The number of carbonyl (C=O) groups is 1. The Kier molecular flexibility index (Phi) is 8.19. The second kappa shape index (κ2) is 11.2. The second-order valence-corrected chi connectivity index (χ2v) is 12.9. The second-order valence-electron chi connectivity index (χ2n) is 9.76. The van der Waals surface area contributed by atoms with E-state index in [1.807, 2.05) is 4.90 Å². The Hall–Kier alpha value is -2.25. The van der Waals surface area contributed by atoms with Crippen molar-refractivity contribution in [2.24, 2.45) is 0 Å². The van der Waals surface area contributed by atoms with Crippen LogP contribution in [0.4, 0.5) is 0 Å². The first-order chi connectivity index (χ1) is 19.0. The highest BCUT2D eigenvalue weighted by atomic mass is 127. The minimum atomic E-state index is -3.71. The summed E-state index contributed by atoms with van der Waals surface area (Å²) in [5, 5.41) is 52.5. The Labute approximate surface area is 243 Å². The minimum absolute atomic E-state index is 0.0245. The van der Waals surface area contributed by atoms with Crippen LogP contribution in [0, 0.1) is 3.57 Å². The maximum absolute atomic E-state index is 13.2. The number of hydrogen-bond donors (Lipinski definition) is 5. The third-order valence-electron chi connectivity index (χ3n) is 7.51. The number of halogens is 1. The van der Waals surface area contributed by atoms with Gasteiger partial charge in [-0.2, -0.15) is 4.31 Å². The lowest BCUT2D eigenvalue weighted by molar-refractivity contribution is -0.235. The van der Waals surface area contributed by atoms with Gasteiger partial charge in [-0.25, -0.2) is 13.2 Å². The van der Waals surface area contributed by atoms with Gasteiger partial charge in [0.1, 0.15) is 24.4 Å². The van der Waals surface area contributed by atoms with Gasteiger partial charge in [-0.15, -0.1) is 0 Å². The van der Waals surface area contributed by atoms with Crippen LogP contribution in [0.25, 0.3) is 0 Å². The van der Waals surface area contributed by atoms with Gasteiger partial charge in [0.05, 0.1) is 24.2 Å². The van der Waals surface area contributed by atoms with E-state index in [1.54, 1.807) is 24.3 Å². The van der Waals surface area contributed by atoms with Crippen molar-refractivity contribution in [1.29, 1.82) is 0 Å². The molecule has 2 unspecified atom stereocenters. The smallest absolute Gasteiger partial charge is 0.339 e. The van der Waals surface area contributed by atoms with Gasteiger partial charge in [-0.05, 0) is 46.9 Å². The van der Waals surface area contributed by atoms with Crippen LogP contribution in [0.3, 0.4) is 0 Å². The summed E-state index contributed by atoms with van der Waals surface area (Å²) >= 11 is 2.10. The number of fused-ring (bicyclic) bond motifs is 3. The average molecular weight is 692 g/mol. The summed E-state index contributed by atoms with van der Waals surface area (Å²) in [7, 11) is -2.49. The van der Waals surface area contributed by atoms with Gasteiger partial charge in [0.15, 0.2) is 17.6 Å². The number of esters is 1. The Balaban J connectivity index is 1.44. The molecule has 0 bridgehead atoms. The molecule has 40 heavy (non-hydrogen) atoms. The number of ether oxygens (including phenoxy) is 3. The van der Waals surface area contributed by atoms with Gasteiger partial charge in [0, 0.05) is 47.4 Å². The predicted octanol–water partition coefficient (Wildman–Crippen LogP) is -0.0895. The molecule has 5 atom stereocenters. The van der Waals surface area contributed by atoms with Crippen LogP contribution >= 0.6 is 22.6 Å². The van der Waals surface area contributed by atoms with Gasteiger partial charge in [-0.3, -0.25) is 4.90 Å². The van der Waals surface area contributed by atoms with Crippen LogP contribution in [0.5, 0.6) is 17.2 Å². The Morgan fingerprint density at radius 1 is 1.05 bits per heavy atom. The molecular weight excluding hydrogens is 663 g/mol. The minimum Gasteiger partial charge on any atom is -0.504 e. The fourth-order valence-corrected chi connectivity index (χ4v) is 7.15. The van der Waals surface area contributed by atoms with Crippen LogP contribution in [0.15, 0.2) is 29.2 Å². The maximum Gasteiger partial charge on any atom is 0.339 e. The Bertz CT molecular complexity index is 1400. The highest BCUT2D eigenvalue weighted by Crippen LogP contribution is 2.52. The summed E-state index contributed by atoms with van der Waals surface area (Å²) in [6.07, 6.45) is -7.05. The van der Waals surface area contributed by atoms with Gasteiger partial charge < -0.3 is 39.7 Å². The molecule has 0 radical (unpaired) electrons. The molecule has 3 heterocycles. The molecule has 0 amide bonds. The number of phenols is 2. The predicted molar refractivity (Wildman–Crippen MR) is 145 cm³/mol. The van der Waals surface area contributed by atoms with Gasteiger partial charge in [0.2, 0.25) is 15.8 Å². The fraction of sp³-hybridized carbons (Fsp3) is 0.480. The van der Waals surface area contributed by atoms with Crippen LogP contribution < -0.4 is 4.74 Å². The number of sulfonamides is 1. The largest absolute Gasteiger partial charge is 0.504 e. The number of hydrogen-bond acceptors (Lipinski definition) is 12. The molecule has 0 aliphatic carbocycles. The third-order valence-corrected chi connectivity index (χ3v) is 10.1. The molecule has 2 fully saturated rings. The first-order valence-corrected chi connectivity index (χ1v) is 15.0. The van der Waals surface area contributed by atoms with Crippen molar-refractivity contribution in [1.82, 2.24) is 9.21 Å². The molecule has 0 saturated carbocycles. The van der Waals surface area contributed by atoms with E-state index in [2.05, 4.69) is 22.6 Å². The summed E-state index contributed by atoms with van der Waals surface area (Å²) in [5.74, 6) is -2.39. The lowest BCUT2D eigenvalue weighted by Crippen LogP contribution is -2.58. The van der Waals surface area contributed by atoms with E-state index < -0.39 is 64.6 Å². The SMILES string of the molecule is COc1c(O)c(CN2CCN(S(=O)(=O)c3ccc(I)cc3)CC2)c2c(c1O)C1O[C@H](CO)[C@@H](O)[C@H](O)C1OC2=O. The molecule has 13 nitrogen and oxygen atoms in total. The number of piperazine rings is 1. The molecule has 2 saturated heterocycles. The molecule has 2 aromatic carbocycles. The van der Waals surface area contributed by atoms with E-state index in [-0.39, 0.29) is 60.1 Å². The lowest BCUT2D eigenvalue weighted by Gasteiger charge is -2.45. The molecule has 2 aromatic rings. The van der Waals surface area contributed by atoms with Gasteiger partial charge in [0.25, 0.3) is 0 Å². The Morgan fingerprint density at radius 2 is 1.70 bits per heavy atom. The van der Waals surface area contributed by atoms with Crippen molar-refractivity contribution in [3.8, 4) is 17.2 Å². The average Bonchev–Trinajstić information content (AvgIpc) is 2.93. The first-order valence-electron chi connectivity index (χ1n) is 12.5. The molecule has 5 N–H and O–H groups in total. The molecule has 0 aromatic heterocycles. The number of phenolic OH excluding ortho intramolecular Hbond substituents is 2. The fourth-order valence-electron chi connectivity index (χ4n) is 5.37. The van der Waals surface area contributed by atoms with Crippen molar-refractivity contribution in [3.63, 3.8) is 0 Å². The van der Waals surface area contributed by atoms with E-state index >= 15 is 0 Å². The number of carbonyl (C=O) groups excluding carboxylic acids is 1. The summed E-state index contributed by atoms with van der Waals surface area (Å²) < 4.78 is 44.8. The van der Waals surface area contributed by atoms with Gasteiger partial charge in [-0.1, -0.05) is 0 Å². The number of methoxy groups -OCH3 is 1. The maximum atomic E-state index is 13.2. The monoisotopic (exact) mass is 692 g/mol. The van der Waals surface area contributed by atoms with Crippen molar-refractivity contribution in [3.05, 3.63) is 44.5 Å². The zero-order valence-corrected chi connectivity index (χ0v) is 24.3. The van der Waals surface area contributed by atoms with Crippen molar-refractivity contribution < 1.29 is 53.0 Å². The molecule has 15 heteroatoms. The lowest BCUT2D eigenvalue weighted by atomic mass is 9.84. The highest BCUT2D eigenvalue weighted by molar-refractivity contribution is 14.1. The molecule has 0 spiro atoms. The van der Waals surface area contributed by atoms with Crippen LogP contribution in [0.1, 0.15) is 27.6 Å². The highest BCUT2D eigenvalue weighted by Gasteiger charge is 2.53. The zero-order valence-electron chi connectivity index (χ0n) is 21.3. The zero-order chi connectivity index (χ0) is 28.9. The van der Waals surface area contributed by atoms with E-state index in [1.165, 1.54) is 11.4 Å². The summed E-state index contributed by atoms with van der Waals surface area (Å²) in [5.41, 5.74) is -0.228.